The van der Waals surface area contributed by atoms with E-state index in [-0.39, 0.29) is 11.8 Å². The average molecular weight is 289 g/mol. The highest BCUT2D eigenvalue weighted by Crippen LogP contribution is 2.18. The van der Waals surface area contributed by atoms with Gasteiger partial charge in [0.05, 0.1) is 0 Å². The molecule has 2 rings (SSSR count). The molecule has 1 saturated heterocycles. The van der Waals surface area contributed by atoms with Gasteiger partial charge in [0.15, 0.2) is 0 Å². The third-order valence-corrected chi connectivity index (χ3v) is 4.14. The van der Waals surface area contributed by atoms with Crippen LogP contribution < -0.4 is 10.6 Å². The van der Waals surface area contributed by atoms with Crippen molar-refractivity contribution in [3.8, 4) is 0 Å². The van der Waals surface area contributed by atoms with Crippen molar-refractivity contribution in [1.82, 2.24) is 4.90 Å². The molecule has 2 N–H and O–H groups in total. The van der Waals surface area contributed by atoms with Crippen LogP contribution in [0, 0.1) is 5.92 Å². The Morgan fingerprint density at radius 3 is 2.52 bits per heavy atom. The Morgan fingerprint density at radius 1 is 1.24 bits per heavy atom. The van der Waals surface area contributed by atoms with Crippen molar-refractivity contribution in [2.45, 2.75) is 39.2 Å². The lowest BCUT2D eigenvalue weighted by atomic mass is 10.0. The number of benzene rings is 1. The number of carbonyl (C=O) groups excluding carboxylic acids is 1. The van der Waals surface area contributed by atoms with Crippen molar-refractivity contribution in [2.24, 2.45) is 5.92 Å². The standard InChI is InChI=1S/C17H27N3O/c1-13(2)17(21)19-15-9-7-14(8-10-15)18-12-16-6-4-5-11-20(16)3/h7-10,13,16,18H,4-6,11-12H2,1-3H3,(H,19,21). The van der Waals surface area contributed by atoms with E-state index in [1.54, 1.807) is 0 Å². The molecule has 1 aromatic carbocycles. The molecular weight excluding hydrogens is 262 g/mol. The summed E-state index contributed by atoms with van der Waals surface area (Å²) in [4.78, 5) is 14.1. The molecular formula is C17H27N3O. The van der Waals surface area contributed by atoms with Crippen LogP contribution in [0.15, 0.2) is 24.3 Å². The van der Waals surface area contributed by atoms with Gasteiger partial charge in [0.1, 0.15) is 0 Å². The predicted octanol–water partition coefficient (Wildman–Crippen LogP) is 3.18. The number of anilines is 2. The fourth-order valence-electron chi connectivity index (χ4n) is 2.60. The summed E-state index contributed by atoms with van der Waals surface area (Å²) in [7, 11) is 2.20. The van der Waals surface area contributed by atoms with Crippen molar-refractivity contribution >= 4 is 17.3 Å². The number of nitrogens with one attached hydrogen (secondary N) is 2. The largest absolute Gasteiger partial charge is 0.383 e. The highest BCUT2D eigenvalue weighted by atomic mass is 16.1. The van der Waals surface area contributed by atoms with Crippen LogP contribution in [0.3, 0.4) is 0 Å². The molecule has 0 saturated carbocycles. The summed E-state index contributed by atoms with van der Waals surface area (Å²) in [5.41, 5.74) is 1.96. The second-order valence-corrected chi connectivity index (χ2v) is 6.23. The number of piperidine rings is 1. The predicted molar refractivity (Wildman–Crippen MR) is 88.7 cm³/mol. The molecule has 0 spiro atoms. The molecule has 0 radical (unpaired) electrons. The molecule has 4 heteroatoms. The summed E-state index contributed by atoms with van der Waals surface area (Å²) >= 11 is 0. The highest BCUT2D eigenvalue weighted by molar-refractivity contribution is 5.92. The van der Waals surface area contributed by atoms with Crippen LogP contribution in [0.4, 0.5) is 11.4 Å². The summed E-state index contributed by atoms with van der Waals surface area (Å²) in [6.07, 6.45) is 3.92. The molecule has 0 aliphatic carbocycles. The zero-order chi connectivity index (χ0) is 15.2. The first kappa shape index (κ1) is 15.8. The van der Waals surface area contributed by atoms with Crippen molar-refractivity contribution < 1.29 is 4.79 Å². The van der Waals surface area contributed by atoms with E-state index < -0.39 is 0 Å². The Bertz CT molecular complexity index is 456. The highest BCUT2D eigenvalue weighted by Gasteiger charge is 2.18. The quantitative estimate of drug-likeness (QED) is 0.875. The lowest BCUT2D eigenvalue weighted by molar-refractivity contribution is -0.118. The van der Waals surface area contributed by atoms with E-state index in [1.165, 1.54) is 25.8 Å². The maximum atomic E-state index is 11.6. The van der Waals surface area contributed by atoms with Gasteiger partial charge in [-0.25, -0.2) is 0 Å². The van der Waals surface area contributed by atoms with E-state index >= 15 is 0 Å². The summed E-state index contributed by atoms with van der Waals surface area (Å²) < 4.78 is 0. The fourth-order valence-corrected chi connectivity index (χ4v) is 2.60. The Morgan fingerprint density at radius 2 is 1.90 bits per heavy atom. The van der Waals surface area contributed by atoms with Crippen molar-refractivity contribution in [3.05, 3.63) is 24.3 Å². The Balaban J connectivity index is 1.83. The van der Waals surface area contributed by atoms with Gasteiger partial charge >= 0.3 is 0 Å². The number of rotatable bonds is 5. The molecule has 0 bridgehead atoms. The molecule has 1 heterocycles. The molecule has 1 aromatic rings. The number of likely N-dealkylation sites (tertiary alicyclic amines) is 1. The summed E-state index contributed by atoms with van der Waals surface area (Å²) in [6.45, 7) is 5.97. The van der Waals surface area contributed by atoms with Crippen LogP contribution in [-0.4, -0.2) is 37.0 Å². The van der Waals surface area contributed by atoms with Gasteiger partial charge in [0, 0.05) is 29.9 Å². The number of hydrogen-bond donors (Lipinski definition) is 2. The molecule has 21 heavy (non-hydrogen) atoms. The van der Waals surface area contributed by atoms with E-state index in [9.17, 15) is 4.79 Å². The zero-order valence-corrected chi connectivity index (χ0v) is 13.4. The number of hydrogen-bond acceptors (Lipinski definition) is 3. The van der Waals surface area contributed by atoms with E-state index in [2.05, 4.69) is 22.6 Å². The Labute approximate surface area is 127 Å². The van der Waals surface area contributed by atoms with Gasteiger partial charge in [-0.15, -0.1) is 0 Å². The second-order valence-electron chi connectivity index (χ2n) is 6.23. The first-order valence-corrected chi connectivity index (χ1v) is 7.91. The van der Waals surface area contributed by atoms with Gasteiger partial charge < -0.3 is 15.5 Å². The van der Waals surface area contributed by atoms with Gasteiger partial charge in [0.25, 0.3) is 0 Å². The minimum Gasteiger partial charge on any atom is -0.383 e. The smallest absolute Gasteiger partial charge is 0.226 e. The summed E-state index contributed by atoms with van der Waals surface area (Å²) in [6, 6.07) is 8.58. The van der Waals surface area contributed by atoms with Gasteiger partial charge in [0.2, 0.25) is 5.91 Å². The monoisotopic (exact) mass is 289 g/mol. The molecule has 0 aromatic heterocycles. The number of likely N-dealkylation sites (N-methyl/N-ethyl adjacent to an activating group) is 1. The molecule has 1 fully saturated rings. The van der Waals surface area contributed by atoms with Crippen LogP contribution in [0.2, 0.25) is 0 Å². The van der Waals surface area contributed by atoms with E-state index in [4.69, 9.17) is 0 Å². The SMILES string of the molecule is CC(C)C(=O)Nc1ccc(NCC2CCCCN2C)cc1. The molecule has 1 aliphatic rings. The van der Waals surface area contributed by atoms with Crippen LogP contribution in [-0.2, 0) is 4.79 Å². The first-order valence-electron chi connectivity index (χ1n) is 7.91. The lowest BCUT2D eigenvalue weighted by Gasteiger charge is -2.32. The number of carbonyl (C=O) groups is 1. The van der Waals surface area contributed by atoms with Gasteiger partial charge in [-0.3, -0.25) is 4.79 Å². The van der Waals surface area contributed by atoms with Crippen molar-refractivity contribution in [2.75, 3.05) is 30.8 Å². The van der Waals surface area contributed by atoms with E-state index in [0.717, 1.165) is 17.9 Å². The van der Waals surface area contributed by atoms with Gasteiger partial charge in [-0.2, -0.15) is 0 Å². The van der Waals surface area contributed by atoms with Crippen LogP contribution in [0.1, 0.15) is 33.1 Å². The van der Waals surface area contributed by atoms with Crippen LogP contribution >= 0.6 is 0 Å². The van der Waals surface area contributed by atoms with Gasteiger partial charge in [-0.05, 0) is 50.7 Å². The lowest BCUT2D eigenvalue weighted by Crippen LogP contribution is -2.40. The minimum absolute atomic E-state index is 0.00430. The summed E-state index contributed by atoms with van der Waals surface area (Å²) in [5, 5.41) is 6.40. The summed E-state index contributed by atoms with van der Waals surface area (Å²) in [5.74, 6) is 0.0594. The maximum Gasteiger partial charge on any atom is 0.226 e. The first-order chi connectivity index (χ1) is 10.1. The Kier molecular flexibility index (Phi) is 5.62. The van der Waals surface area contributed by atoms with E-state index in [1.807, 2.05) is 38.1 Å². The molecule has 1 atom stereocenters. The van der Waals surface area contributed by atoms with Crippen LogP contribution in [0.25, 0.3) is 0 Å². The van der Waals surface area contributed by atoms with Crippen LogP contribution in [0.5, 0.6) is 0 Å². The molecule has 116 valence electrons. The normalized spacial score (nSPS) is 19.5. The fraction of sp³-hybridized carbons (Fsp3) is 0.588. The van der Waals surface area contributed by atoms with E-state index in [0.29, 0.717) is 6.04 Å². The topological polar surface area (TPSA) is 44.4 Å². The van der Waals surface area contributed by atoms with Crippen molar-refractivity contribution in [3.63, 3.8) is 0 Å². The number of nitrogens with zero attached hydrogens (tertiary/aromatic N) is 1. The molecule has 1 amide bonds. The third-order valence-electron chi connectivity index (χ3n) is 4.14. The molecule has 1 aliphatic heterocycles. The number of amides is 1. The zero-order valence-electron chi connectivity index (χ0n) is 13.4. The molecule has 4 nitrogen and oxygen atoms in total. The maximum absolute atomic E-state index is 11.6. The average Bonchev–Trinajstić information content (AvgIpc) is 2.48. The van der Waals surface area contributed by atoms with Crippen molar-refractivity contribution in [1.29, 1.82) is 0 Å². The van der Waals surface area contributed by atoms with Gasteiger partial charge in [-0.1, -0.05) is 20.3 Å². The molecule has 1 unspecified atom stereocenters. The minimum atomic E-state index is 0.00430. The Hall–Kier alpha value is -1.55. The second kappa shape index (κ2) is 7.46. The third kappa shape index (κ3) is 4.74.